The fraction of sp³-hybridized carbons (Fsp3) is 0.417. The highest BCUT2D eigenvalue weighted by atomic mass is 127. The summed E-state index contributed by atoms with van der Waals surface area (Å²) in [6, 6.07) is 3.78. The van der Waals surface area contributed by atoms with E-state index in [-0.39, 0.29) is 0 Å². The number of methoxy groups -OCH3 is 1. The average molecular weight is 458 g/mol. The molecule has 5 heteroatoms. The number of nitrogens with two attached hydrogens (primary N) is 1. The number of nitrogens with zero attached hydrogens (tertiary/aromatic N) is 1. The number of aliphatic imine (C=N–C) groups is 1. The summed E-state index contributed by atoms with van der Waals surface area (Å²) in [5.74, 6) is 0.684. The maximum Gasteiger partial charge on any atom is 0.143 e. The third kappa shape index (κ3) is 4.99. The molecule has 0 aliphatic heterocycles. The minimum absolute atomic E-state index is 0.652. The van der Waals surface area contributed by atoms with Crippen LogP contribution >= 0.6 is 45.2 Å². The van der Waals surface area contributed by atoms with Crippen molar-refractivity contribution in [2.24, 2.45) is 4.99 Å². The third-order valence-corrected chi connectivity index (χ3v) is 3.54. The number of rotatable bonds is 5. The van der Waals surface area contributed by atoms with Gasteiger partial charge in [0.2, 0.25) is 0 Å². The third-order valence-electron chi connectivity index (χ3n) is 2.29. The Hall–Kier alpha value is -0.0500. The first kappa shape index (κ1) is 15.0. The van der Waals surface area contributed by atoms with Gasteiger partial charge >= 0.3 is 0 Å². The van der Waals surface area contributed by atoms with E-state index < -0.39 is 0 Å². The van der Waals surface area contributed by atoms with Crippen LogP contribution in [0.4, 0.5) is 11.4 Å². The summed E-state index contributed by atoms with van der Waals surface area (Å²) >= 11 is 4.82. The SMILES string of the molecule is COc1cc(/N=C/CCC(I)I)c(C)cc1N. The molecule has 0 bridgehead atoms. The lowest BCUT2D eigenvalue weighted by atomic mass is 10.1. The molecular formula is C12H16I2N2O. The van der Waals surface area contributed by atoms with Gasteiger partial charge in [-0.3, -0.25) is 4.99 Å². The van der Waals surface area contributed by atoms with Crippen molar-refractivity contribution in [2.75, 3.05) is 12.8 Å². The quantitative estimate of drug-likeness (QED) is 0.311. The minimum atomic E-state index is 0.652. The lowest BCUT2D eigenvalue weighted by Crippen LogP contribution is -1.93. The molecule has 3 nitrogen and oxygen atoms in total. The molecule has 0 aliphatic carbocycles. The van der Waals surface area contributed by atoms with Crippen LogP contribution in [-0.4, -0.2) is 15.3 Å². The van der Waals surface area contributed by atoms with Crippen molar-refractivity contribution in [3.63, 3.8) is 0 Å². The molecule has 0 fully saturated rings. The van der Waals surface area contributed by atoms with Gasteiger partial charge in [0.1, 0.15) is 5.75 Å². The van der Waals surface area contributed by atoms with Gasteiger partial charge in [-0.1, -0.05) is 45.2 Å². The zero-order valence-electron chi connectivity index (χ0n) is 9.91. The van der Waals surface area contributed by atoms with E-state index in [1.165, 1.54) is 0 Å². The molecule has 0 spiro atoms. The number of anilines is 1. The second-order valence-electron chi connectivity index (χ2n) is 3.66. The smallest absolute Gasteiger partial charge is 0.143 e. The Morgan fingerprint density at radius 1 is 1.47 bits per heavy atom. The van der Waals surface area contributed by atoms with E-state index in [0.29, 0.717) is 13.4 Å². The summed E-state index contributed by atoms with van der Waals surface area (Å²) in [7, 11) is 1.62. The standard InChI is InChI=1S/C12H16I2N2O/c1-8-6-9(15)11(17-2)7-10(8)16-5-3-4-12(13)14/h5-7,12H,3-4,15H2,1-2H3/b16-5+. The predicted octanol–water partition coefficient (Wildman–Crippen LogP) is 4.26. The molecule has 94 valence electrons. The van der Waals surface area contributed by atoms with E-state index in [9.17, 15) is 0 Å². The van der Waals surface area contributed by atoms with E-state index >= 15 is 0 Å². The highest BCUT2D eigenvalue weighted by molar-refractivity contribution is 14.2. The minimum Gasteiger partial charge on any atom is -0.495 e. The molecule has 17 heavy (non-hydrogen) atoms. The second kappa shape index (κ2) is 7.40. The van der Waals surface area contributed by atoms with E-state index in [0.717, 1.165) is 24.1 Å². The highest BCUT2D eigenvalue weighted by Crippen LogP contribution is 2.30. The number of aryl methyl sites for hydroxylation is 1. The second-order valence-corrected chi connectivity index (χ2v) is 9.05. The molecule has 0 unspecified atom stereocenters. The Morgan fingerprint density at radius 2 is 2.18 bits per heavy atom. The van der Waals surface area contributed by atoms with Crippen LogP contribution in [0.1, 0.15) is 18.4 Å². The lowest BCUT2D eigenvalue weighted by molar-refractivity contribution is 0.417. The number of hydrogen-bond acceptors (Lipinski definition) is 3. The first-order valence-corrected chi connectivity index (χ1v) is 7.78. The molecule has 0 atom stereocenters. The molecule has 2 N–H and O–H groups in total. The van der Waals surface area contributed by atoms with Crippen LogP contribution in [0.15, 0.2) is 17.1 Å². The van der Waals surface area contributed by atoms with Gasteiger partial charge in [0, 0.05) is 12.3 Å². The summed E-state index contributed by atoms with van der Waals surface area (Å²) in [5.41, 5.74) is 8.47. The molecular weight excluding hydrogens is 442 g/mol. The summed E-state index contributed by atoms with van der Waals surface area (Å²) in [6.45, 7) is 2.00. The van der Waals surface area contributed by atoms with E-state index in [4.69, 9.17) is 10.5 Å². The Kier molecular flexibility index (Phi) is 6.53. The van der Waals surface area contributed by atoms with Crippen molar-refractivity contribution >= 4 is 62.8 Å². The fourth-order valence-corrected chi connectivity index (χ4v) is 2.10. The summed E-state index contributed by atoms with van der Waals surface area (Å²) in [5, 5.41) is 0. The maximum atomic E-state index is 5.82. The van der Waals surface area contributed by atoms with Gasteiger partial charge in [-0.2, -0.15) is 0 Å². The molecule has 0 saturated carbocycles. The number of hydrogen-bond donors (Lipinski definition) is 1. The average Bonchev–Trinajstić information content (AvgIpc) is 2.26. The van der Waals surface area contributed by atoms with Crippen molar-refractivity contribution in [3.8, 4) is 5.75 Å². The van der Waals surface area contributed by atoms with Crippen LogP contribution in [0.25, 0.3) is 0 Å². The van der Waals surface area contributed by atoms with E-state index in [1.54, 1.807) is 7.11 Å². The van der Waals surface area contributed by atoms with Gasteiger partial charge in [-0.15, -0.1) is 0 Å². The Bertz CT molecular complexity index is 406. The van der Waals surface area contributed by atoms with Crippen LogP contribution < -0.4 is 10.5 Å². The fourth-order valence-electron chi connectivity index (χ4n) is 1.38. The number of ether oxygens (including phenoxy) is 1. The van der Waals surface area contributed by atoms with E-state index in [1.807, 2.05) is 25.3 Å². The topological polar surface area (TPSA) is 47.6 Å². The van der Waals surface area contributed by atoms with Crippen LogP contribution in [0.3, 0.4) is 0 Å². The van der Waals surface area contributed by atoms with Gasteiger partial charge in [0.25, 0.3) is 0 Å². The zero-order valence-corrected chi connectivity index (χ0v) is 14.2. The molecule has 0 amide bonds. The Labute approximate surface area is 129 Å². The lowest BCUT2D eigenvalue weighted by Gasteiger charge is -2.07. The van der Waals surface area contributed by atoms with Gasteiger partial charge in [-0.05, 0) is 31.4 Å². The van der Waals surface area contributed by atoms with Crippen molar-refractivity contribution in [1.29, 1.82) is 0 Å². The van der Waals surface area contributed by atoms with Crippen LogP contribution in [0.5, 0.6) is 5.75 Å². The molecule has 0 aliphatic rings. The normalized spacial score (nSPS) is 11.4. The van der Waals surface area contributed by atoms with Gasteiger partial charge in [-0.25, -0.2) is 0 Å². The maximum absolute atomic E-state index is 5.82. The predicted molar refractivity (Wildman–Crippen MR) is 91.4 cm³/mol. The van der Waals surface area contributed by atoms with Crippen LogP contribution in [-0.2, 0) is 0 Å². The first-order chi connectivity index (χ1) is 8.04. The van der Waals surface area contributed by atoms with Gasteiger partial charge in [0.15, 0.2) is 0 Å². The van der Waals surface area contributed by atoms with Crippen molar-refractivity contribution in [3.05, 3.63) is 17.7 Å². The van der Waals surface area contributed by atoms with Crippen molar-refractivity contribution in [2.45, 2.75) is 21.7 Å². The van der Waals surface area contributed by atoms with Gasteiger partial charge in [0.05, 0.1) is 20.4 Å². The monoisotopic (exact) mass is 458 g/mol. The van der Waals surface area contributed by atoms with Crippen LogP contribution in [0.2, 0.25) is 0 Å². The summed E-state index contributed by atoms with van der Waals surface area (Å²) in [6.07, 6.45) is 4.08. The number of benzene rings is 1. The van der Waals surface area contributed by atoms with Crippen molar-refractivity contribution in [1.82, 2.24) is 0 Å². The molecule has 1 aromatic rings. The van der Waals surface area contributed by atoms with E-state index in [2.05, 4.69) is 50.2 Å². The summed E-state index contributed by atoms with van der Waals surface area (Å²) in [4.78, 5) is 4.46. The molecule has 1 aromatic carbocycles. The Morgan fingerprint density at radius 3 is 2.76 bits per heavy atom. The first-order valence-electron chi connectivity index (χ1n) is 5.29. The number of alkyl halides is 2. The van der Waals surface area contributed by atoms with Crippen LogP contribution in [0, 0.1) is 6.92 Å². The van der Waals surface area contributed by atoms with Gasteiger partial charge < -0.3 is 10.5 Å². The molecule has 0 heterocycles. The molecule has 0 radical (unpaired) electrons. The zero-order chi connectivity index (χ0) is 12.8. The molecule has 1 rings (SSSR count). The van der Waals surface area contributed by atoms with Crippen molar-refractivity contribution < 1.29 is 4.74 Å². The molecule has 0 saturated heterocycles. The number of nitrogen functional groups attached to an aromatic ring is 1. The Balaban J connectivity index is 2.76. The highest BCUT2D eigenvalue weighted by Gasteiger charge is 2.04. The largest absolute Gasteiger partial charge is 0.495 e. The molecule has 0 aromatic heterocycles. The number of halogens is 2. The summed E-state index contributed by atoms with van der Waals surface area (Å²) < 4.78 is 5.84.